The zero-order valence-corrected chi connectivity index (χ0v) is 65.2. The fraction of sp³-hybridized carbons (Fsp3) is 0.949. The van der Waals surface area contributed by atoms with Gasteiger partial charge in [-0.1, -0.05) is 356 Å². The van der Waals surface area contributed by atoms with Crippen LogP contribution >= 0.6 is 15.6 Å². The van der Waals surface area contributed by atoms with E-state index in [4.69, 9.17) is 37.0 Å². The van der Waals surface area contributed by atoms with Crippen molar-refractivity contribution in [1.82, 2.24) is 0 Å². The first-order chi connectivity index (χ1) is 46.9. The quantitative estimate of drug-likeness (QED) is 0.0222. The second kappa shape index (κ2) is 69.8. The van der Waals surface area contributed by atoms with Crippen LogP contribution in [0, 0.1) is 11.8 Å². The van der Waals surface area contributed by atoms with E-state index in [1.807, 2.05) is 0 Å². The highest BCUT2D eigenvalue weighted by Crippen LogP contribution is 2.45. The molecular formula is C78H152O17P2. The molecule has 0 radical (unpaired) electrons. The van der Waals surface area contributed by atoms with Gasteiger partial charge in [0.15, 0.2) is 12.2 Å². The standard InChI is InChI=1S/C78H152O17P2/c1-7-9-11-13-15-17-18-19-20-21-22-23-24-29-32-35-38-44-50-56-62-77(82)94-73(67-89-76(81)61-55-49-43-37-34-31-28-26-25-27-30-33-36-40-46-52-58-70(3)4)68-92-96(84,85)90-64-72(79)65-91-97(86,87)93-69-74(66-88-75(80)60-54-48-42-16-14-12-10-8-2)95-78(83)63-57-51-45-39-41-47-53-59-71(5)6/h70-74,79H,7-69H2,1-6H3,(H,84,85)(H,86,87)/t72-,73-,74-/m1/s1. The number of hydrogen-bond acceptors (Lipinski definition) is 15. The Morgan fingerprint density at radius 1 is 0.278 bits per heavy atom. The lowest BCUT2D eigenvalue weighted by atomic mass is 10.0. The Balaban J connectivity index is 5.17. The highest BCUT2D eigenvalue weighted by molar-refractivity contribution is 7.47. The largest absolute Gasteiger partial charge is 0.472 e. The van der Waals surface area contributed by atoms with Gasteiger partial charge in [-0.15, -0.1) is 0 Å². The van der Waals surface area contributed by atoms with E-state index in [1.165, 1.54) is 218 Å². The summed E-state index contributed by atoms with van der Waals surface area (Å²) in [7, 11) is -9.91. The molecule has 0 spiro atoms. The van der Waals surface area contributed by atoms with Crippen molar-refractivity contribution in [2.24, 2.45) is 11.8 Å². The Kier molecular flexibility index (Phi) is 68.4. The second-order valence-electron chi connectivity index (χ2n) is 29.1. The van der Waals surface area contributed by atoms with E-state index in [9.17, 15) is 43.2 Å². The van der Waals surface area contributed by atoms with Gasteiger partial charge in [0.25, 0.3) is 0 Å². The van der Waals surface area contributed by atoms with Crippen LogP contribution in [-0.2, 0) is 65.4 Å². The Morgan fingerprint density at radius 2 is 0.474 bits per heavy atom. The van der Waals surface area contributed by atoms with E-state index >= 15 is 0 Å². The van der Waals surface area contributed by atoms with Crippen molar-refractivity contribution in [3.8, 4) is 0 Å². The summed E-state index contributed by atoms with van der Waals surface area (Å²) >= 11 is 0. The fourth-order valence-electron chi connectivity index (χ4n) is 12.0. The zero-order valence-electron chi connectivity index (χ0n) is 63.4. The summed E-state index contributed by atoms with van der Waals surface area (Å²) in [4.78, 5) is 72.7. The number of unbranched alkanes of at least 4 members (excludes halogenated alkanes) is 47. The first kappa shape index (κ1) is 95.1. The first-order valence-corrected chi connectivity index (χ1v) is 43.5. The molecule has 0 saturated heterocycles. The lowest BCUT2D eigenvalue weighted by Gasteiger charge is -2.21. The van der Waals surface area contributed by atoms with Crippen molar-refractivity contribution in [2.75, 3.05) is 39.6 Å². The number of ether oxygens (including phenoxy) is 4. The molecule has 0 fully saturated rings. The van der Waals surface area contributed by atoms with Gasteiger partial charge in [-0.25, -0.2) is 9.13 Å². The molecule has 576 valence electrons. The molecule has 0 heterocycles. The minimum atomic E-state index is -4.96. The minimum Gasteiger partial charge on any atom is -0.462 e. The Bertz CT molecular complexity index is 1870. The van der Waals surface area contributed by atoms with Crippen molar-refractivity contribution >= 4 is 39.5 Å². The van der Waals surface area contributed by atoms with E-state index in [-0.39, 0.29) is 25.7 Å². The SMILES string of the molecule is CCCCCCCCCCCCCCCCCCCCCCC(=O)O[C@H](COC(=O)CCCCCCCCCCCCCCCCCCC(C)C)COP(=O)(O)OC[C@@H](O)COP(=O)(O)OC[C@@H](COC(=O)CCCCCCCCCC)OC(=O)CCCCCCCCCC(C)C. The molecule has 3 N–H and O–H groups in total. The Labute approximate surface area is 594 Å². The summed E-state index contributed by atoms with van der Waals surface area (Å²) in [6.07, 6.45) is 58.6. The Morgan fingerprint density at radius 3 is 0.701 bits per heavy atom. The maximum absolute atomic E-state index is 13.1. The average molecular weight is 1420 g/mol. The van der Waals surface area contributed by atoms with E-state index in [0.29, 0.717) is 31.6 Å². The van der Waals surface area contributed by atoms with Crippen molar-refractivity contribution < 1.29 is 80.2 Å². The fourth-order valence-corrected chi connectivity index (χ4v) is 13.6. The van der Waals surface area contributed by atoms with Gasteiger partial charge in [0.1, 0.15) is 19.3 Å². The number of rotatable bonds is 77. The number of phosphoric acid groups is 2. The van der Waals surface area contributed by atoms with Gasteiger partial charge in [-0.3, -0.25) is 37.3 Å². The molecule has 19 heteroatoms. The summed E-state index contributed by atoms with van der Waals surface area (Å²) in [5.41, 5.74) is 0. The maximum atomic E-state index is 13.1. The van der Waals surface area contributed by atoms with E-state index < -0.39 is 97.5 Å². The van der Waals surface area contributed by atoms with Gasteiger partial charge < -0.3 is 33.8 Å². The summed E-state index contributed by atoms with van der Waals surface area (Å²) < 4.78 is 68.5. The molecule has 0 aromatic rings. The van der Waals surface area contributed by atoms with E-state index in [1.54, 1.807) is 0 Å². The molecule has 0 aromatic heterocycles. The number of esters is 4. The normalized spacial score (nSPS) is 14.0. The van der Waals surface area contributed by atoms with Crippen LogP contribution in [0.2, 0.25) is 0 Å². The molecule has 0 aliphatic heterocycles. The lowest BCUT2D eigenvalue weighted by Crippen LogP contribution is -2.30. The topological polar surface area (TPSA) is 237 Å². The van der Waals surface area contributed by atoms with Crippen molar-refractivity contribution in [2.45, 2.75) is 426 Å². The van der Waals surface area contributed by atoms with Gasteiger partial charge in [0.05, 0.1) is 26.4 Å². The summed E-state index contributed by atoms with van der Waals surface area (Å²) in [6, 6.07) is 0. The molecule has 2 unspecified atom stereocenters. The number of aliphatic hydroxyl groups excluding tert-OH is 1. The molecule has 0 amide bonds. The monoisotopic (exact) mass is 1420 g/mol. The molecule has 0 bridgehead atoms. The molecule has 5 atom stereocenters. The molecule has 17 nitrogen and oxygen atoms in total. The predicted molar refractivity (Wildman–Crippen MR) is 395 cm³/mol. The number of phosphoric ester groups is 2. The molecule has 0 saturated carbocycles. The van der Waals surface area contributed by atoms with E-state index in [0.717, 1.165) is 102 Å². The van der Waals surface area contributed by atoms with Crippen molar-refractivity contribution in [1.29, 1.82) is 0 Å². The molecular weight excluding hydrogens is 1270 g/mol. The van der Waals surface area contributed by atoms with Crippen LogP contribution in [0.5, 0.6) is 0 Å². The van der Waals surface area contributed by atoms with Crippen molar-refractivity contribution in [3.05, 3.63) is 0 Å². The molecule has 0 aliphatic rings. The smallest absolute Gasteiger partial charge is 0.462 e. The van der Waals surface area contributed by atoms with Gasteiger partial charge in [0, 0.05) is 25.7 Å². The van der Waals surface area contributed by atoms with Crippen molar-refractivity contribution in [3.63, 3.8) is 0 Å². The van der Waals surface area contributed by atoms with Crippen LogP contribution in [0.4, 0.5) is 0 Å². The van der Waals surface area contributed by atoms with E-state index in [2.05, 4.69) is 41.5 Å². The Hall–Kier alpha value is -1.94. The summed E-state index contributed by atoms with van der Waals surface area (Å²) in [6.45, 7) is 9.54. The van der Waals surface area contributed by atoms with Gasteiger partial charge in [-0.2, -0.15) is 0 Å². The highest BCUT2D eigenvalue weighted by Gasteiger charge is 2.30. The average Bonchev–Trinajstić information content (AvgIpc) is 1.11. The van der Waals surface area contributed by atoms with Crippen LogP contribution in [0.15, 0.2) is 0 Å². The summed E-state index contributed by atoms with van der Waals surface area (Å²) in [5, 5.41) is 10.6. The molecule has 0 rings (SSSR count). The third kappa shape index (κ3) is 72.2. The maximum Gasteiger partial charge on any atom is 0.472 e. The summed E-state index contributed by atoms with van der Waals surface area (Å²) in [5.74, 6) is -0.610. The third-order valence-electron chi connectivity index (χ3n) is 18.2. The third-order valence-corrected chi connectivity index (χ3v) is 20.1. The van der Waals surface area contributed by atoms with Crippen LogP contribution in [0.3, 0.4) is 0 Å². The number of carbonyl (C=O) groups excluding carboxylic acids is 4. The van der Waals surface area contributed by atoms with Gasteiger partial charge >= 0.3 is 39.5 Å². The number of aliphatic hydroxyl groups is 1. The van der Waals surface area contributed by atoms with Crippen LogP contribution in [-0.4, -0.2) is 96.7 Å². The zero-order chi connectivity index (χ0) is 71.4. The van der Waals surface area contributed by atoms with Gasteiger partial charge in [-0.05, 0) is 37.5 Å². The molecule has 0 aromatic carbocycles. The van der Waals surface area contributed by atoms with Crippen LogP contribution in [0.25, 0.3) is 0 Å². The number of carbonyl (C=O) groups is 4. The van der Waals surface area contributed by atoms with Crippen LogP contribution < -0.4 is 0 Å². The second-order valence-corrected chi connectivity index (χ2v) is 32.0. The number of hydrogen-bond donors (Lipinski definition) is 3. The minimum absolute atomic E-state index is 0.104. The lowest BCUT2D eigenvalue weighted by molar-refractivity contribution is -0.161. The first-order valence-electron chi connectivity index (χ1n) is 40.5. The predicted octanol–water partition coefficient (Wildman–Crippen LogP) is 23.1. The van der Waals surface area contributed by atoms with Gasteiger partial charge in [0.2, 0.25) is 0 Å². The molecule has 0 aliphatic carbocycles. The highest BCUT2D eigenvalue weighted by atomic mass is 31.2. The molecule has 97 heavy (non-hydrogen) atoms. The van der Waals surface area contributed by atoms with Crippen LogP contribution in [0.1, 0.15) is 408 Å².